The number of hydrogen-bond acceptors (Lipinski definition) is 5. The lowest BCUT2D eigenvalue weighted by atomic mass is 10.1. The number of anilines is 1. The fourth-order valence-corrected chi connectivity index (χ4v) is 4.24. The molecule has 0 aliphatic carbocycles. The van der Waals surface area contributed by atoms with Gasteiger partial charge in [0.15, 0.2) is 0 Å². The molecule has 3 aromatic rings. The molecule has 31 heavy (non-hydrogen) atoms. The summed E-state index contributed by atoms with van der Waals surface area (Å²) in [4.78, 5) is 25.2. The van der Waals surface area contributed by atoms with Gasteiger partial charge in [-0.05, 0) is 36.8 Å². The second-order valence-electron chi connectivity index (χ2n) is 7.74. The third-order valence-corrected chi connectivity index (χ3v) is 6.06. The van der Waals surface area contributed by atoms with Crippen molar-refractivity contribution in [3.05, 3.63) is 74.3 Å². The molecule has 1 aromatic carbocycles. The van der Waals surface area contributed by atoms with Crippen LogP contribution >= 0.6 is 11.6 Å². The van der Waals surface area contributed by atoms with Crippen LogP contribution < -0.4 is 10.5 Å². The van der Waals surface area contributed by atoms with Gasteiger partial charge in [0.05, 0.1) is 5.52 Å². The van der Waals surface area contributed by atoms with Crippen LogP contribution in [-0.4, -0.2) is 40.1 Å². The number of aromatic nitrogens is 2. The zero-order valence-corrected chi connectivity index (χ0v) is 18.1. The normalized spacial score (nSPS) is 16.8. The Hall–Kier alpha value is -3.39. The van der Waals surface area contributed by atoms with Gasteiger partial charge in [-0.25, -0.2) is 0 Å². The van der Waals surface area contributed by atoms with E-state index in [1.165, 1.54) is 10.1 Å². The second kappa shape index (κ2) is 8.39. The van der Waals surface area contributed by atoms with Crippen molar-refractivity contribution in [2.75, 3.05) is 24.5 Å². The molecule has 0 spiro atoms. The summed E-state index contributed by atoms with van der Waals surface area (Å²) in [6.45, 7) is 12.3. The maximum absolute atomic E-state index is 12.9. The van der Waals surface area contributed by atoms with Crippen LogP contribution in [0, 0.1) is 17.9 Å². The van der Waals surface area contributed by atoms with Crippen molar-refractivity contribution in [2.24, 2.45) is 7.05 Å². The van der Waals surface area contributed by atoms with Crippen molar-refractivity contribution >= 4 is 34.1 Å². The van der Waals surface area contributed by atoms with Crippen LogP contribution in [0.15, 0.2) is 41.2 Å². The van der Waals surface area contributed by atoms with Crippen LogP contribution in [0.3, 0.4) is 0 Å². The fourth-order valence-electron chi connectivity index (χ4n) is 4.11. The van der Waals surface area contributed by atoms with E-state index < -0.39 is 0 Å². The Morgan fingerprint density at radius 2 is 2.00 bits per heavy atom. The smallest absolute Gasteiger partial charge is 0.271 e. The Balaban J connectivity index is 1.70. The molecule has 156 valence electrons. The van der Waals surface area contributed by atoms with Crippen LogP contribution in [0.4, 0.5) is 11.5 Å². The van der Waals surface area contributed by atoms with Gasteiger partial charge in [0.1, 0.15) is 17.3 Å². The van der Waals surface area contributed by atoms with E-state index >= 15 is 0 Å². The number of halogens is 1. The van der Waals surface area contributed by atoms with E-state index in [4.69, 9.17) is 18.2 Å². The molecule has 2 aromatic heterocycles. The highest BCUT2D eigenvalue weighted by Crippen LogP contribution is 2.31. The van der Waals surface area contributed by atoms with Crippen molar-refractivity contribution in [3.63, 3.8) is 0 Å². The van der Waals surface area contributed by atoms with Gasteiger partial charge in [0.25, 0.3) is 11.4 Å². The van der Waals surface area contributed by atoms with Crippen molar-refractivity contribution in [1.29, 1.82) is 5.26 Å². The molecule has 0 amide bonds. The number of pyridine rings is 2. The van der Waals surface area contributed by atoms with Crippen LogP contribution in [0.2, 0.25) is 5.02 Å². The Morgan fingerprint density at radius 3 is 2.65 bits per heavy atom. The molecule has 1 aliphatic rings. The summed E-state index contributed by atoms with van der Waals surface area (Å²) >= 11 is 5.99. The summed E-state index contributed by atoms with van der Waals surface area (Å²) < 4.78 is 1.43. The van der Waals surface area contributed by atoms with E-state index in [-0.39, 0.29) is 23.0 Å². The monoisotopic (exact) mass is 432 g/mol. The van der Waals surface area contributed by atoms with Gasteiger partial charge in [-0.1, -0.05) is 30.3 Å². The molecule has 1 atom stereocenters. The minimum Gasteiger partial charge on any atom is -0.364 e. The van der Waals surface area contributed by atoms with Crippen LogP contribution in [0.1, 0.15) is 18.1 Å². The van der Waals surface area contributed by atoms with Gasteiger partial charge in [0, 0.05) is 44.3 Å². The van der Waals surface area contributed by atoms with Crippen molar-refractivity contribution in [1.82, 2.24) is 14.5 Å². The maximum Gasteiger partial charge on any atom is 0.271 e. The van der Waals surface area contributed by atoms with Crippen molar-refractivity contribution < 1.29 is 0 Å². The van der Waals surface area contributed by atoms with E-state index in [0.717, 1.165) is 18.1 Å². The number of fused-ring (bicyclic) bond motifs is 1. The van der Waals surface area contributed by atoms with Gasteiger partial charge in [-0.15, -0.1) is 4.98 Å². The van der Waals surface area contributed by atoms with Gasteiger partial charge in [-0.3, -0.25) is 9.69 Å². The molecule has 0 N–H and O–H groups in total. The van der Waals surface area contributed by atoms with Gasteiger partial charge in [0.2, 0.25) is 5.52 Å². The average Bonchev–Trinajstić information content (AvgIpc) is 2.78. The van der Waals surface area contributed by atoms with Gasteiger partial charge in [-0.2, -0.15) is 5.26 Å². The van der Waals surface area contributed by atoms with Crippen LogP contribution in [-0.2, 0) is 13.6 Å². The van der Waals surface area contributed by atoms with E-state index in [9.17, 15) is 10.1 Å². The molecular weight excluding hydrogens is 412 g/mol. The Bertz CT molecular complexity index is 1290. The minimum absolute atomic E-state index is 0.0722. The lowest BCUT2D eigenvalue weighted by molar-refractivity contribution is 0.181. The predicted octanol–water partition coefficient (Wildman–Crippen LogP) is 3.72. The highest BCUT2D eigenvalue weighted by atomic mass is 35.5. The van der Waals surface area contributed by atoms with E-state index in [2.05, 4.69) is 32.6 Å². The Kier molecular flexibility index (Phi) is 5.65. The number of benzene rings is 1. The number of nitriles is 1. The fraction of sp³-hybridized carbons (Fsp3) is 0.304. The Labute approximate surface area is 185 Å². The Morgan fingerprint density at radius 1 is 1.26 bits per heavy atom. The second-order valence-corrected chi connectivity index (χ2v) is 8.18. The average molecular weight is 433 g/mol. The van der Waals surface area contributed by atoms with E-state index in [1.807, 2.05) is 24.3 Å². The minimum atomic E-state index is -0.349. The molecule has 8 heteroatoms. The largest absolute Gasteiger partial charge is 0.364 e. The highest BCUT2D eigenvalue weighted by Gasteiger charge is 2.30. The molecule has 1 fully saturated rings. The van der Waals surface area contributed by atoms with E-state index in [0.29, 0.717) is 29.8 Å². The number of nitrogens with zero attached hydrogens (tertiary/aromatic N) is 6. The lowest BCUT2D eigenvalue weighted by Gasteiger charge is -2.41. The summed E-state index contributed by atoms with van der Waals surface area (Å²) in [5.41, 5.74) is 2.57. The van der Waals surface area contributed by atoms with Crippen molar-refractivity contribution in [2.45, 2.75) is 19.5 Å². The first-order chi connectivity index (χ1) is 14.9. The first-order valence-corrected chi connectivity index (χ1v) is 10.4. The number of rotatable bonds is 3. The third-order valence-electron chi connectivity index (χ3n) is 5.81. The standard InChI is InChI=1S/C23H21ClN6O/c1-15-13-30(11-10-29(15)14-16-4-6-17(24)7-5-16)22-18(12-25)23(31)28(3)19-8-9-20(26-2)27-21(19)22/h4-9,15H,10-11,13-14H2,1,3H3/t15-/m1/s1. The maximum atomic E-state index is 12.9. The van der Waals surface area contributed by atoms with Crippen LogP contribution in [0.5, 0.6) is 0 Å². The molecule has 0 unspecified atom stereocenters. The summed E-state index contributed by atoms with van der Waals surface area (Å²) in [5.74, 6) is 0.241. The van der Waals surface area contributed by atoms with Crippen LogP contribution in [0.25, 0.3) is 15.9 Å². The number of hydrogen-bond donors (Lipinski definition) is 0. The third kappa shape index (κ3) is 3.86. The highest BCUT2D eigenvalue weighted by molar-refractivity contribution is 6.30. The molecule has 3 heterocycles. The quantitative estimate of drug-likeness (QED) is 0.590. The van der Waals surface area contributed by atoms with Gasteiger partial charge >= 0.3 is 0 Å². The molecule has 1 aliphatic heterocycles. The topological polar surface area (TPSA) is 69.5 Å². The number of aryl methyl sites for hydroxylation is 1. The molecule has 0 saturated carbocycles. The first kappa shape index (κ1) is 20.9. The summed E-state index contributed by atoms with van der Waals surface area (Å²) in [6, 6.07) is 13.4. The van der Waals surface area contributed by atoms with E-state index in [1.54, 1.807) is 19.2 Å². The zero-order chi connectivity index (χ0) is 22.1. The molecule has 1 saturated heterocycles. The first-order valence-electron chi connectivity index (χ1n) is 9.97. The molecular formula is C23H21ClN6O. The van der Waals surface area contributed by atoms with Crippen molar-refractivity contribution in [3.8, 4) is 6.07 Å². The SMILES string of the molecule is [C-]#[N+]c1ccc2c(n1)c(N1CCN(Cc3ccc(Cl)cc3)[C@H](C)C1)c(C#N)c(=O)n2C. The predicted molar refractivity (Wildman–Crippen MR) is 121 cm³/mol. The summed E-state index contributed by atoms with van der Waals surface area (Å²) in [5, 5.41) is 10.5. The molecule has 0 bridgehead atoms. The summed E-state index contributed by atoms with van der Waals surface area (Å²) in [7, 11) is 1.63. The summed E-state index contributed by atoms with van der Waals surface area (Å²) in [6.07, 6.45) is 0. The number of piperazine rings is 1. The lowest BCUT2D eigenvalue weighted by Crippen LogP contribution is -2.52. The molecule has 7 nitrogen and oxygen atoms in total. The zero-order valence-electron chi connectivity index (χ0n) is 17.3. The molecule has 4 rings (SSSR count). The molecule has 0 radical (unpaired) electrons. The van der Waals surface area contributed by atoms with Gasteiger partial charge < -0.3 is 14.3 Å².